The molecule has 100 valence electrons. The van der Waals surface area contributed by atoms with Crippen LogP contribution in [0, 0.1) is 6.92 Å². The minimum absolute atomic E-state index is 0.217. The van der Waals surface area contributed by atoms with Crippen molar-refractivity contribution in [2.75, 3.05) is 12.4 Å². The van der Waals surface area contributed by atoms with Crippen LogP contribution in [0.15, 0.2) is 46.9 Å². The third-order valence-electron chi connectivity index (χ3n) is 3.08. The summed E-state index contributed by atoms with van der Waals surface area (Å²) in [5, 5.41) is 3.49. The Labute approximate surface area is 122 Å². The van der Waals surface area contributed by atoms with Crippen LogP contribution < -0.4 is 10.1 Å². The Balaban J connectivity index is 2.21. The second kappa shape index (κ2) is 6.11. The molecule has 0 aliphatic heterocycles. The summed E-state index contributed by atoms with van der Waals surface area (Å²) in [6.07, 6.45) is 0. The van der Waals surface area contributed by atoms with Gasteiger partial charge in [0, 0.05) is 10.5 Å². The van der Waals surface area contributed by atoms with E-state index in [-0.39, 0.29) is 6.04 Å². The van der Waals surface area contributed by atoms with Crippen LogP contribution in [0.1, 0.15) is 24.1 Å². The highest BCUT2D eigenvalue weighted by Gasteiger charge is 2.09. The maximum atomic E-state index is 5.41. The summed E-state index contributed by atoms with van der Waals surface area (Å²) >= 11 is 3.50. The molecule has 0 fully saturated rings. The largest absolute Gasteiger partial charge is 0.495 e. The zero-order valence-electron chi connectivity index (χ0n) is 11.4. The average Bonchev–Trinajstić information content (AvgIpc) is 2.40. The standard InChI is InChI=1S/C16H18BrNO/c1-11-7-8-15(16(9-11)19-3)18-12(2)13-5-4-6-14(17)10-13/h4-10,12,18H,1-3H3. The number of rotatable bonds is 4. The van der Waals surface area contributed by atoms with Crippen LogP contribution in [0.25, 0.3) is 0 Å². The van der Waals surface area contributed by atoms with E-state index in [9.17, 15) is 0 Å². The highest BCUT2D eigenvalue weighted by molar-refractivity contribution is 9.10. The van der Waals surface area contributed by atoms with Gasteiger partial charge in [-0.2, -0.15) is 0 Å². The molecule has 1 N–H and O–H groups in total. The molecular formula is C16H18BrNO. The van der Waals surface area contributed by atoms with Crippen molar-refractivity contribution in [3.63, 3.8) is 0 Å². The topological polar surface area (TPSA) is 21.3 Å². The molecule has 0 spiro atoms. The van der Waals surface area contributed by atoms with Gasteiger partial charge in [0.1, 0.15) is 5.75 Å². The second-order valence-electron chi connectivity index (χ2n) is 4.62. The average molecular weight is 320 g/mol. The molecule has 0 aromatic heterocycles. The Morgan fingerprint density at radius 3 is 2.63 bits per heavy atom. The summed E-state index contributed by atoms with van der Waals surface area (Å²) in [4.78, 5) is 0. The summed E-state index contributed by atoms with van der Waals surface area (Å²) in [7, 11) is 1.70. The molecule has 2 aromatic carbocycles. The number of halogens is 1. The van der Waals surface area contributed by atoms with Gasteiger partial charge in [-0.1, -0.05) is 34.1 Å². The van der Waals surface area contributed by atoms with Crippen LogP contribution in [0.2, 0.25) is 0 Å². The monoisotopic (exact) mass is 319 g/mol. The van der Waals surface area contributed by atoms with Crippen molar-refractivity contribution in [1.82, 2.24) is 0 Å². The van der Waals surface area contributed by atoms with Crippen LogP contribution in [0.4, 0.5) is 5.69 Å². The predicted molar refractivity (Wildman–Crippen MR) is 83.9 cm³/mol. The number of hydrogen-bond acceptors (Lipinski definition) is 2. The zero-order chi connectivity index (χ0) is 13.8. The molecule has 2 rings (SSSR count). The number of nitrogens with one attached hydrogen (secondary N) is 1. The highest BCUT2D eigenvalue weighted by Crippen LogP contribution is 2.29. The van der Waals surface area contributed by atoms with Gasteiger partial charge in [-0.05, 0) is 49.2 Å². The first-order chi connectivity index (χ1) is 9.10. The molecule has 1 atom stereocenters. The molecule has 0 heterocycles. The predicted octanol–water partition coefficient (Wildman–Crippen LogP) is 4.94. The highest BCUT2D eigenvalue weighted by atomic mass is 79.9. The summed E-state index contributed by atoms with van der Waals surface area (Å²) < 4.78 is 6.51. The van der Waals surface area contributed by atoms with E-state index in [1.165, 1.54) is 11.1 Å². The van der Waals surface area contributed by atoms with Gasteiger partial charge < -0.3 is 10.1 Å². The van der Waals surface area contributed by atoms with E-state index in [0.717, 1.165) is 15.9 Å². The molecule has 0 bridgehead atoms. The number of ether oxygens (including phenoxy) is 1. The first-order valence-corrected chi connectivity index (χ1v) is 7.06. The van der Waals surface area contributed by atoms with Crippen molar-refractivity contribution in [3.05, 3.63) is 58.1 Å². The zero-order valence-corrected chi connectivity index (χ0v) is 13.0. The third-order valence-corrected chi connectivity index (χ3v) is 3.57. The third kappa shape index (κ3) is 3.51. The quantitative estimate of drug-likeness (QED) is 0.861. The fraction of sp³-hybridized carbons (Fsp3) is 0.250. The minimum atomic E-state index is 0.217. The van der Waals surface area contributed by atoms with E-state index in [1.807, 2.05) is 18.2 Å². The number of methoxy groups -OCH3 is 1. The van der Waals surface area contributed by atoms with E-state index >= 15 is 0 Å². The second-order valence-corrected chi connectivity index (χ2v) is 5.54. The van der Waals surface area contributed by atoms with Crippen molar-refractivity contribution in [2.24, 2.45) is 0 Å². The Bertz CT molecular complexity index is 568. The van der Waals surface area contributed by atoms with E-state index in [2.05, 4.69) is 59.4 Å². The van der Waals surface area contributed by atoms with Gasteiger partial charge in [0.2, 0.25) is 0 Å². The van der Waals surface area contributed by atoms with Crippen LogP contribution in [-0.2, 0) is 0 Å². The minimum Gasteiger partial charge on any atom is -0.495 e. The summed E-state index contributed by atoms with van der Waals surface area (Å²) in [6, 6.07) is 14.7. The Morgan fingerprint density at radius 2 is 1.95 bits per heavy atom. The summed E-state index contributed by atoms with van der Waals surface area (Å²) in [5.41, 5.74) is 3.44. The smallest absolute Gasteiger partial charge is 0.142 e. The van der Waals surface area contributed by atoms with Gasteiger partial charge in [0.25, 0.3) is 0 Å². The normalized spacial score (nSPS) is 12.0. The molecule has 0 saturated heterocycles. The maximum absolute atomic E-state index is 5.41. The van der Waals surface area contributed by atoms with E-state index < -0.39 is 0 Å². The van der Waals surface area contributed by atoms with Crippen LogP contribution in [-0.4, -0.2) is 7.11 Å². The summed E-state index contributed by atoms with van der Waals surface area (Å²) in [6.45, 7) is 4.20. The number of benzene rings is 2. The lowest BCUT2D eigenvalue weighted by molar-refractivity contribution is 0.416. The fourth-order valence-electron chi connectivity index (χ4n) is 2.01. The van der Waals surface area contributed by atoms with Gasteiger partial charge >= 0.3 is 0 Å². The first kappa shape index (κ1) is 13.9. The van der Waals surface area contributed by atoms with Crippen LogP contribution in [0.3, 0.4) is 0 Å². The van der Waals surface area contributed by atoms with Crippen LogP contribution in [0.5, 0.6) is 5.75 Å². The van der Waals surface area contributed by atoms with Gasteiger partial charge in [-0.3, -0.25) is 0 Å². The molecule has 19 heavy (non-hydrogen) atoms. The molecule has 3 heteroatoms. The van der Waals surface area contributed by atoms with Crippen molar-refractivity contribution in [1.29, 1.82) is 0 Å². The van der Waals surface area contributed by atoms with Crippen molar-refractivity contribution < 1.29 is 4.74 Å². The molecule has 0 aliphatic carbocycles. The fourth-order valence-corrected chi connectivity index (χ4v) is 2.43. The Hall–Kier alpha value is -1.48. The first-order valence-electron chi connectivity index (χ1n) is 6.27. The molecule has 2 aromatic rings. The molecule has 0 saturated carbocycles. The van der Waals surface area contributed by atoms with Crippen LogP contribution >= 0.6 is 15.9 Å². The Morgan fingerprint density at radius 1 is 1.16 bits per heavy atom. The Kier molecular flexibility index (Phi) is 4.48. The lowest BCUT2D eigenvalue weighted by atomic mass is 10.1. The summed E-state index contributed by atoms with van der Waals surface area (Å²) in [5.74, 6) is 0.877. The van der Waals surface area contributed by atoms with Gasteiger partial charge in [-0.25, -0.2) is 0 Å². The van der Waals surface area contributed by atoms with Crippen molar-refractivity contribution in [2.45, 2.75) is 19.9 Å². The molecule has 1 unspecified atom stereocenters. The van der Waals surface area contributed by atoms with E-state index in [1.54, 1.807) is 7.11 Å². The molecule has 0 aliphatic rings. The van der Waals surface area contributed by atoms with Crippen molar-refractivity contribution in [3.8, 4) is 5.75 Å². The molecule has 0 radical (unpaired) electrons. The van der Waals surface area contributed by atoms with Crippen molar-refractivity contribution >= 4 is 21.6 Å². The molecule has 2 nitrogen and oxygen atoms in total. The lowest BCUT2D eigenvalue weighted by Gasteiger charge is -2.18. The molecule has 0 amide bonds. The SMILES string of the molecule is COc1cc(C)ccc1NC(C)c1cccc(Br)c1. The number of hydrogen-bond donors (Lipinski definition) is 1. The number of anilines is 1. The lowest BCUT2D eigenvalue weighted by Crippen LogP contribution is -2.07. The maximum Gasteiger partial charge on any atom is 0.142 e. The van der Waals surface area contributed by atoms with E-state index in [4.69, 9.17) is 4.74 Å². The van der Waals surface area contributed by atoms with E-state index in [0.29, 0.717) is 0 Å². The van der Waals surface area contributed by atoms with Gasteiger partial charge in [-0.15, -0.1) is 0 Å². The van der Waals surface area contributed by atoms with Gasteiger partial charge in [0.05, 0.1) is 12.8 Å². The van der Waals surface area contributed by atoms with Gasteiger partial charge in [0.15, 0.2) is 0 Å². The molecular weight excluding hydrogens is 302 g/mol. The number of aryl methyl sites for hydroxylation is 1.